The molecular weight excluding hydrogens is 213 g/mol. The second-order valence-electron chi connectivity index (χ2n) is 3.88. The summed E-state index contributed by atoms with van der Waals surface area (Å²) >= 11 is -2.10. The fourth-order valence-corrected chi connectivity index (χ4v) is 1.23. The average molecular weight is 225 g/mol. The molecule has 1 rings (SSSR count). The minimum absolute atomic E-state index is 0. The molecule has 1 heterocycles. The second kappa shape index (κ2) is 5.42. The van der Waals surface area contributed by atoms with Crippen LogP contribution in [-0.2, 0) is 22.2 Å². The number of aromatic nitrogens is 1. The molecule has 0 N–H and O–H groups in total. The van der Waals surface area contributed by atoms with Gasteiger partial charge in [0.05, 0.1) is 11.4 Å². The van der Waals surface area contributed by atoms with E-state index in [1.165, 1.54) is 0 Å². The minimum atomic E-state index is -2.10. The molecule has 0 bridgehead atoms. The quantitative estimate of drug-likeness (QED) is 0.447. The standard InChI is InChI=1S/C8H13NO3S.Na/c1-8(2,3)7-4-6(9-12-7)5-13(10)11;/h4H,5H2,1-3H3,(H,10,11);/q;+1/p-1. The van der Waals surface area contributed by atoms with Crippen LogP contribution in [0.15, 0.2) is 10.6 Å². The molecule has 0 aliphatic carbocycles. The zero-order chi connectivity index (χ0) is 10.1. The zero-order valence-electron chi connectivity index (χ0n) is 8.86. The fraction of sp³-hybridized carbons (Fsp3) is 0.625. The van der Waals surface area contributed by atoms with Crippen LogP contribution in [0.1, 0.15) is 32.2 Å². The predicted molar refractivity (Wildman–Crippen MR) is 47.8 cm³/mol. The molecule has 0 aliphatic rings. The molecule has 0 aromatic carbocycles. The topological polar surface area (TPSA) is 66.2 Å². The molecule has 0 aliphatic heterocycles. The Morgan fingerprint density at radius 2 is 2.14 bits per heavy atom. The number of nitrogens with zero attached hydrogens (tertiary/aromatic N) is 1. The van der Waals surface area contributed by atoms with Crippen LogP contribution < -0.4 is 29.6 Å². The molecule has 4 nitrogen and oxygen atoms in total. The summed E-state index contributed by atoms with van der Waals surface area (Å²) in [6.45, 7) is 5.93. The molecule has 1 atom stereocenters. The minimum Gasteiger partial charge on any atom is -0.772 e. The average Bonchev–Trinajstić information content (AvgIpc) is 2.32. The molecule has 0 saturated heterocycles. The maximum atomic E-state index is 10.3. The van der Waals surface area contributed by atoms with Crippen LogP contribution in [0.25, 0.3) is 0 Å². The molecular formula is C8H12NNaO3S. The van der Waals surface area contributed by atoms with E-state index in [0.717, 1.165) is 0 Å². The van der Waals surface area contributed by atoms with Crippen molar-refractivity contribution in [3.63, 3.8) is 0 Å². The van der Waals surface area contributed by atoms with Gasteiger partial charge in [0.25, 0.3) is 0 Å². The van der Waals surface area contributed by atoms with Crippen molar-refractivity contribution in [2.24, 2.45) is 0 Å². The first-order valence-electron chi connectivity index (χ1n) is 3.91. The first-order chi connectivity index (χ1) is 5.89. The van der Waals surface area contributed by atoms with Crippen molar-refractivity contribution in [3.8, 4) is 0 Å². The van der Waals surface area contributed by atoms with Crippen LogP contribution in [0.2, 0.25) is 0 Å². The van der Waals surface area contributed by atoms with E-state index in [1.807, 2.05) is 20.8 Å². The molecule has 1 aromatic heterocycles. The van der Waals surface area contributed by atoms with Crippen LogP contribution in [0.3, 0.4) is 0 Å². The van der Waals surface area contributed by atoms with Gasteiger partial charge in [-0.25, -0.2) is 0 Å². The third kappa shape index (κ3) is 4.23. The van der Waals surface area contributed by atoms with Gasteiger partial charge in [0, 0.05) is 11.5 Å². The normalized spacial score (nSPS) is 13.4. The van der Waals surface area contributed by atoms with E-state index in [-0.39, 0.29) is 40.7 Å². The monoisotopic (exact) mass is 225 g/mol. The van der Waals surface area contributed by atoms with Gasteiger partial charge >= 0.3 is 29.6 Å². The molecule has 14 heavy (non-hydrogen) atoms. The number of hydrogen-bond acceptors (Lipinski definition) is 4. The van der Waals surface area contributed by atoms with Crippen LogP contribution >= 0.6 is 0 Å². The summed E-state index contributed by atoms with van der Waals surface area (Å²) in [5.74, 6) is 0.618. The van der Waals surface area contributed by atoms with Crippen LogP contribution in [0.5, 0.6) is 0 Å². The van der Waals surface area contributed by atoms with Crippen molar-refractivity contribution >= 4 is 11.1 Å². The first-order valence-corrected chi connectivity index (χ1v) is 5.16. The van der Waals surface area contributed by atoms with Gasteiger partial charge in [-0.2, -0.15) is 0 Å². The van der Waals surface area contributed by atoms with Crippen LogP contribution in [0, 0.1) is 0 Å². The van der Waals surface area contributed by atoms with Crippen molar-refractivity contribution < 1.29 is 42.8 Å². The third-order valence-electron chi connectivity index (χ3n) is 1.56. The van der Waals surface area contributed by atoms with Crippen molar-refractivity contribution in [3.05, 3.63) is 17.5 Å². The number of hydrogen-bond donors (Lipinski definition) is 0. The summed E-state index contributed by atoms with van der Waals surface area (Å²) in [5.41, 5.74) is 0.327. The van der Waals surface area contributed by atoms with Crippen molar-refractivity contribution in [1.29, 1.82) is 0 Å². The summed E-state index contributed by atoms with van der Waals surface area (Å²) in [5, 5.41) is 3.65. The Bertz CT molecular complexity index is 319. The summed E-state index contributed by atoms with van der Waals surface area (Å²) in [7, 11) is 0. The Balaban J connectivity index is 0.00000169. The summed E-state index contributed by atoms with van der Waals surface area (Å²) in [4.78, 5) is 0. The summed E-state index contributed by atoms with van der Waals surface area (Å²) < 4.78 is 25.7. The molecule has 0 radical (unpaired) electrons. The fourth-order valence-electron chi connectivity index (χ4n) is 0.854. The third-order valence-corrected chi connectivity index (χ3v) is 2.10. The Morgan fingerprint density at radius 1 is 1.57 bits per heavy atom. The Labute approximate surface area is 108 Å². The zero-order valence-corrected chi connectivity index (χ0v) is 11.7. The van der Waals surface area contributed by atoms with Gasteiger partial charge in [0.15, 0.2) is 0 Å². The van der Waals surface area contributed by atoms with Gasteiger partial charge in [-0.3, -0.25) is 4.21 Å². The Kier molecular flexibility index (Phi) is 5.54. The molecule has 1 unspecified atom stereocenters. The first kappa shape index (κ1) is 14.3. The second-order valence-corrected chi connectivity index (χ2v) is 4.78. The van der Waals surface area contributed by atoms with Crippen LogP contribution in [0.4, 0.5) is 0 Å². The maximum Gasteiger partial charge on any atom is 1.00 e. The van der Waals surface area contributed by atoms with Gasteiger partial charge < -0.3 is 9.08 Å². The Hall–Kier alpha value is 0.320. The van der Waals surface area contributed by atoms with E-state index in [4.69, 9.17) is 4.52 Å². The van der Waals surface area contributed by atoms with E-state index in [9.17, 15) is 8.76 Å². The Morgan fingerprint density at radius 3 is 2.50 bits per heavy atom. The molecule has 1 aromatic rings. The smallest absolute Gasteiger partial charge is 0.772 e. The molecule has 0 fully saturated rings. The molecule has 0 saturated carbocycles. The van der Waals surface area contributed by atoms with Crippen molar-refractivity contribution in [1.82, 2.24) is 5.16 Å². The van der Waals surface area contributed by atoms with Gasteiger partial charge in [-0.05, 0) is 11.1 Å². The van der Waals surface area contributed by atoms with Crippen molar-refractivity contribution in [2.45, 2.75) is 31.9 Å². The van der Waals surface area contributed by atoms with Crippen molar-refractivity contribution in [2.75, 3.05) is 0 Å². The largest absolute Gasteiger partial charge is 1.00 e. The number of rotatable bonds is 2. The van der Waals surface area contributed by atoms with Gasteiger partial charge in [-0.15, -0.1) is 0 Å². The SMILES string of the molecule is CC(C)(C)c1cc(CS(=O)[O-])no1.[Na+]. The van der Waals surface area contributed by atoms with Gasteiger partial charge in [0.2, 0.25) is 0 Å². The van der Waals surface area contributed by atoms with E-state index in [2.05, 4.69) is 5.16 Å². The van der Waals surface area contributed by atoms with Crippen LogP contribution in [-0.4, -0.2) is 13.9 Å². The summed E-state index contributed by atoms with van der Waals surface area (Å²) in [6.07, 6.45) is 0. The molecule has 6 heteroatoms. The van der Waals surface area contributed by atoms with E-state index < -0.39 is 11.1 Å². The summed E-state index contributed by atoms with van der Waals surface area (Å²) in [6, 6.07) is 1.68. The predicted octanol–water partition coefficient (Wildman–Crippen LogP) is -1.64. The van der Waals surface area contributed by atoms with Gasteiger partial charge in [-0.1, -0.05) is 25.9 Å². The maximum absolute atomic E-state index is 10.3. The molecule has 0 amide bonds. The van der Waals surface area contributed by atoms with E-state index >= 15 is 0 Å². The van der Waals surface area contributed by atoms with Gasteiger partial charge in [0.1, 0.15) is 5.76 Å². The molecule has 0 spiro atoms. The van der Waals surface area contributed by atoms with E-state index in [0.29, 0.717) is 11.5 Å². The molecule has 74 valence electrons. The van der Waals surface area contributed by atoms with E-state index in [1.54, 1.807) is 6.07 Å².